The molecule has 1 heterocycles. The van der Waals surface area contributed by atoms with Gasteiger partial charge in [-0.2, -0.15) is 5.10 Å². The van der Waals surface area contributed by atoms with E-state index in [1.165, 1.54) is 0 Å². The molecule has 0 atom stereocenters. The van der Waals surface area contributed by atoms with Crippen LogP contribution in [0.5, 0.6) is 0 Å². The zero-order valence-corrected chi connectivity index (χ0v) is 12.5. The van der Waals surface area contributed by atoms with Crippen LogP contribution in [-0.2, 0) is 33.2 Å². The van der Waals surface area contributed by atoms with Gasteiger partial charge in [0.1, 0.15) is 4.90 Å². The Bertz CT molecular complexity index is 497. The molecule has 1 aromatic heterocycles. The van der Waals surface area contributed by atoms with Crippen molar-refractivity contribution in [3.63, 3.8) is 0 Å². The highest BCUT2D eigenvalue weighted by Crippen LogP contribution is 2.25. The Morgan fingerprint density at radius 3 is 2.39 bits per heavy atom. The van der Waals surface area contributed by atoms with Gasteiger partial charge in [-0.25, -0.2) is 8.42 Å². The topological polar surface area (TPSA) is 61.2 Å². The van der Waals surface area contributed by atoms with Crippen LogP contribution in [0.3, 0.4) is 0 Å². The molecule has 18 heavy (non-hydrogen) atoms. The van der Waals surface area contributed by atoms with Crippen LogP contribution < -0.4 is 0 Å². The summed E-state index contributed by atoms with van der Waals surface area (Å²) in [5.41, 5.74) is 1.18. The summed E-state index contributed by atoms with van der Waals surface area (Å²) < 4.78 is 30.2. The van der Waals surface area contributed by atoms with Crippen molar-refractivity contribution in [3.8, 4) is 0 Å². The van der Waals surface area contributed by atoms with Crippen LogP contribution in [0.15, 0.2) is 4.90 Å². The van der Waals surface area contributed by atoms with Crippen molar-refractivity contribution in [1.82, 2.24) is 9.78 Å². The first-order valence-electron chi connectivity index (χ1n) is 6.06. The summed E-state index contributed by atoms with van der Waals surface area (Å²) in [5.74, 6) is 0. The van der Waals surface area contributed by atoms with Gasteiger partial charge >= 0.3 is 0 Å². The zero-order valence-electron chi connectivity index (χ0n) is 10.9. The summed E-state index contributed by atoms with van der Waals surface area (Å²) in [6.45, 7) is 7.34. The molecule has 0 bridgehead atoms. The fourth-order valence-electron chi connectivity index (χ4n) is 1.87. The predicted octanol–water partition coefficient (Wildman–Crippen LogP) is 1.97. The second-order valence-electron chi connectivity index (χ2n) is 3.79. The van der Waals surface area contributed by atoms with Crippen molar-refractivity contribution < 1.29 is 13.2 Å². The van der Waals surface area contributed by atoms with Gasteiger partial charge in [-0.15, -0.1) is 0 Å². The molecule has 0 aliphatic rings. The highest BCUT2D eigenvalue weighted by molar-refractivity contribution is 8.13. The number of rotatable bonds is 7. The molecule has 0 spiro atoms. The minimum absolute atomic E-state index is 0.172. The number of nitrogens with zero attached hydrogens (tertiary/aromatic N) is 2. The smallest absolute Gasteiger partial charge is 0.264 e. The first-order valence-corrected chi connectivity index (χ1v) is 8.37. The molecule has 104 valence electrons. The second-order valence-corrected chi connectivity index (χ2v) is 6.29. The van der Waals surface area contributed by atoms with Crippen LogP contribution in [0.4, 0.5) is 0 Å². The van der Waals surface area contributed by atoms with E-state index in [-0.39, 0.29) is 4.90 Å². The molecule has 0 aliphatic heterocycles. The van der Waals surface area contributed by atoms with E-state index < -0.39 is 9.05 Å². The molecule has 0 aromatic carbocycles. The first kappa shape index (κ1) is 15.5. The van der Waals surface area contributed by atoms with Crippen molar-refractivity contribution in [2.24, 2.45) is 0 Å². The minimum Gasteiger partial charge on any atom is -0.380 e. The molecular formula is C11H19ClN2O3S. The SMILES string of the molecule is CCOCCn1nc(CC)c(S(=O)(=O)Cl)c1CC. The lowest BCUT2D eigenvalue weighted by Gasteiger charge is -2.06. The van der Waals surface area contributed by atoms with Crippen LogP contribution in [0.25, 0.3) is 0 Å². The number of hydrogen-bond donors (Lipinski definition) is 0. The Hall–Kier alpha value is -0.590. The van der Waals surface area contributed by atoms with E-state index in [0.717, 1.165) is 0 Å². The molecule has 0 saturated heterocycles. The summed E-state index contributed by atoms with van der Waals surface area (Å²) in [5, 5.41) is 4.31. The number of aromatic nitrogens is 2. The van der Waals surface area contributed by atoms with Crippen LogP contribution in [0.1, 0.15) is 32.2 Å². The van der Waals surface area contributed by atoms with Gasteiger partial charge < -0.3 is 4.74 Å². The number of aryl methyl sites for hydroxylation is 1. The molecule has 0 saturated carbocycles. The summed E-state index contributed by atoms with van der Waals surface area (Å²) in [6, 6.07) is 0. The first-order chi connectivity index (χ1) is 8.45. The summed E-state index contributed by atoms with van der Waals surface area (Å²) >= 11 is 0. The predicted molar refractivity (Wildman–Crippen MR) is 70.5 cm³/mol. The monoisotopic (exact) mass is 294 g/mol. The van der Waals surface area contributed by atoms with E-state index in [1.54, 1.807) is 4.68 Å². The number of hydrogen-bond acceptors (Lipinski definition) is 4. The number of halogens is 1. The summed E-state index contributed by atoms with van der Waals surface area (Å²) in [6.07, 6.45) is 1.11. The quantitative estimate of drug-likeness (QED) is 0.570. The average molecular weight is 295 g/mol. The van der Waals surface area contributed by atoms with Crippen LogP contribution in [0.2, 0.25) is 0 Å². The van der Waals surface area contributed by atoms with E-state index >= 15 is 0 Å². The molecule has 0 radical (unpaired) electrons. The zero-order chi connectivity index (χ0) is 13.8. The maximum absolute atomic E-state index is 11.6. The molecular weight excluding hydrogens is 276 g/mol. The minimum atomic E-state index is -3.75. The van der Waals surface area contributed by atoms with E-state index in [4.69, 9.17) is 15.4 Å². The normalized spacial score (nSPS) is 12.0. The molecule has 0 amide bonds. The van der Waals surface area contributed by atoms with Gasteiger partial charge in [0, 0.05) is 17.3 Å². The van der Waals surface area contributed by atoms with Crippen LogP contribution in [-0.4, -0.2) is 31.4 Å². The average Bonchev–Trinajstić information content (AvgIpc) is 2.67. The largest absolute Gasteiger partial charge is 0.380 e. The molecule has 1 aromatic rings. The Kier molecular flexibility index (Phi) is 5.62. The van der Waals surface area contributed by atoms with Crippen molar-refractivity contribution in [2.45, 2.75) is 45.1 Å². The van der Waals surface area contributed by atoms with E-state index in [1.807, 2.05) is 20.8 Å². The fourth-order valence-corrected chi connectivity index (χ4v) is 3.40. The molecule has 5 nitrogen and oxygen atoms in total. The highest BCUT2D eigenvalue weighted by atomic mass is 35.7. The Balaban J connectivity index is 3.17. The Morgan fingerprint density at radius 2 is 1.94 bits per heavy atom. The summed E-state index contributed by atoms with van der Waals surface area (Å²) in [7, 11) is 1.74. The highest BCUT2D eigenvalue weighted by Gasteiger charge is 2.25. The van der Waals surface area contributed by atoms with Gasteiger partial charge in [-0.1, -0.05) is 13.8 Å². The van der Waals surface area contributed by atoms with Gasteiger partial charge in [0.05, 0.1) is 24.5 Å². The van der Waals surface area contributed by atoms with E-state index in [0.29, 0.717) is 44.0 Å². The molecule has 7 heteroatoms. The molecule has 0 aliphatic carbocycles. The Labute approximate surface area is 113 Å². The van der Waals surface area contributed by atoms with Gasteiger partial charge in [-0.05, 0) is 19.8 Å². The third-order valence-electron chi connectivity index (χ3n) is 2.64. The third-order valence-corrected chi connectivity index (χ3v) is 4.06. The third kappa shape index (κ3) is 3.46. The molecule has 1 rings (SSSR count). The second kappa shape index (κ2) is 6.54. The lowest BCUT2D eigenvalue weighted by Crippen LogP contribution is -2.11. The van der Waals surface area contributed by atoms with Crippen LogP contribution >= 0.6 is 10.7 Å². The van der Waals surface area contributed by atoms with Crippen molar-refractivity contribution in [1.29, 1.82) is 0 Å². The molecule has 0 unspecified atom stereocenters. The lowest BCUT2D eigenvalue weighted by molar-refractivity contribution is 0.135. The van der Waals surface area contributed by atoms with Gasteiger partial charge in [-0.3, -0.25) is 4.68 Å². The van der Waals surface area contributed by atoms with Crippen molar-refractivity contribution in [3.05, 3.63) is 11.4 Å². The van der Waals surface area contributed by atoms with E-state index in [2.05, 4.69) is 5.10 Å². The van der Waals surface area contributed by atoms with Crippen LogP contribution in [0, 0.1) is 0 Å². The standard InChI is InChI=1S/C11H19ClN2O3S/c1-4-9-11(18(12,15)16)10(5-2)14(13-9)7-8-17-6-3/h4-8H2,1-3H3. The van der Waals surface area contributed by atoms with Gasteiger partial charge in [0.2, 0.25) is 0 Å². The van der Waals surface area contributed by atoms with Gasteiger partial charge in [0.25, 0.3) is 9.05 Å². The lowest BCUT2D eigenvalue weighted by atomic mass is 10.2. The van der Waals surface area contributed by atoms with Crippen molar-refractivity contribution >= 4 is 19.7 Å². The number of ether oxygens (including phenoxy) is 1. The summed E-state index contributed by atoms with van der Waals surface area (Å²) in [4.78, 5) is 0.172. The molecule has 0 fully saturated rings. The molecule has 0 N–H and O–H groups in total. The Morgan fingerprint density at radius 1 is 1.28 bits per heavy atom. The van der Waals surface area contributed by atoms with Crippen molar-refractivity contribution in [2.75, 3.05) is 13.2 Å². The maximum Gasteiger partial charge on any atom is 0.264 e. The van der Waals surface area contributed by atoms with E-state index in [9.17, 15) is 8.42 Å². The fraction of sp³-hybridized carbons (Fsp3) is 0.727. The van der Waals surface area contributed by atoms with Gasteiger partial charge in [0.15, 0.2) is 0 Å². The maximum atomic E-state index is 11.6.